The molecule has 4 aromatic rings. The van der Waals surface area contributed by atoms with Crippen molar-refractivity contribution in [3.05, 3.63) is 88.9 Å². The van der Waals surface area contributed by atoms with Crippen molar-refractivity contribution in [1.82, 2.24) is 19.5 Å². The maximum absolute atomic E-state index is 6.36. The lowest BCUT2D eigenvalue weighted by molar-refractivity contribution is 0.412. The molecule has 0 spiro atoms. The minimum absolute atomic E-state index is 0.596. The molecule has 0 N–H and O–H groups in total. The Bertz CT molecular complexity index is 1170. The van der Waals surface area contributed by atoms with E-state index in [4.69, 9.17) is 21.3 Å². The van der Waals surface area contributed by atoms with Gasteiger partial charge in [0.05, 0.1) is 30.5 Å². The molecule has 0 unspecified atom stereocenters. The molecule has 0 aliphatic carbocycles. The molecular weight excluding hydrogens is 384 g/mol. The highest BCUT2D eigenvalue weighted by Crippen LogP contribution is 2.28. The molecule has 6 heteroatoms. The van der Waals surface area contributed by atoms with Crippen LogP contribution in [0, 0.1) is 13.8 Å². The van der Waals surface area contributed by atoms with E-state index in [1.165, 1.54) is 0 Å². The Hall–Kier alpha value is -3.18. The topological polar surface area (TPSA) is 52.8 Å². The van der Waals surface area contributed by atoms with Crippen LogP contribution in [0.4, 0.5) is 0 Å². The van der Waals surface area contributed by atoms with Crippen LogP contribution in [0.15, 0.2) is 61.1 Å². The molecule has 29 heavy (non-hydrogen) atoms. The highest BCUT2D eigenvalue weighted by atomic mass is 35.5. The average molecular weight is 405 g/mol. The van der Waals surface area contributed by atoms with Gasteiger partial charge in [-0.3, -0.25) is 0 Å². The lowest BCUT2D eigenvalue weighted by Crippen LogP contribution is -2.02. The van der Waals surface area contributed by atoms with Crippen molar-refractivity contribution in [1.29, 1.82) is 0 Å². The first kappa shape index (κ1) is 19.2. The summed E-state index contributed by atoms with van der Waals surface area (Å²) in [6.07, 6.45) is 4.35. The first-order valence-corrected chi connectivity index (χ1v) is 9.68. The van der Waals surface area contributed by atoms with Gasteiger partial charge >= 0.3 is 0 Å². The minimum atomic E-state index is 0.596. The van der Waals surface area contributed by atoms with Crippen molar-refractivity contribution in [3.63, 3.8) is 0 Å². The van der Waals surface area contributed by atoms with Gasteiger partial charge in [0.2, 0.25) is 0 Å². The second-order valence-corrected chi connectivity index (χ2v) is 7.30. The quantitative estimate of drug-likeness (QED) is 0.458. The molecule has 2 aromatic heterocycles. The first-order valence-electron chi connectivity index (χ1n) is 9.31. The fourth-order valence-corrected chi connectivity index (χ4v) is 3.53. The molecule has 0 saturated heterocycles. The van der Waals surface area contributed by atoms with E-state index < -0.39 is 0 Å². The highest BCUT2D eigenvalue weighted by Gasteiger charge is 2.11. The zero-order valence-electron chi connectivity index (χ0n) is 16.6. The van der Waals surface area contributed by atoms with Crippen LogP contribution in [-0.2, 0) is 6.42 Å². The largest absolute Gasteiger partial charge is 0.495 e. The average Bonchev–Trinajstić information content (AvgIpc) is 3.14. The summed E-state index contributed by atoms with van der Waals surface area (Å²) in [7, 11) is 1.67. The maximum Gasteiger partial charge on any atom is 0.143 e. The van der Waals surface area contributed by atoms with Crippen LogP contribution in [0.5, 0.6) is 5.75 Å². The molecule has 0 saturated carbocycles. The Morgan fingerprint density at radius 3 is 2.55 bits per heavy atom. The van der Waals surface area contributed by atoms with Gasteiger partial charge in [-0.1, -0.05) is 35.9 Å². The predicted octanol–water partition coefficient (Wildman–Crippen LogP) is 5.20. The van der Waals surface area contributed by atoms with E-state index in [-0.39, 0.29) is 0 Å². The van der Waals surface area contributed by atoms with Crippen molar-refractivity contribution in [2.24, 2.45) is 0 Å². The van der Waals surface area contributed by atoms with E-state index in [9.17, 15) is 0 Å². The number of methoxy groups -OCH3 is 1. The van der Waals surface area contributed by atoms with E-state index in [1.54, 1.807) is 13.4 Å². The Balaban J connectivity index is 1.67. The summed E-state index contributed by atoms with van der Waals surface area (Å²) >= 11 is 6.36. The van der Waals surface area contributed by atoms with Gasteiger partial charge in [0.15, 0.2) is 0 Å². The van der Waals surface area contributed by atoms with E-state index >= 15 is 0 Å². The summed E-state index contributed by atoms with van der Waals surface area (Å²) < 4.78 is 7.57. The molecule has 0 aliphatic heterocycles. The second kappa shape index (κ2) is 8.05. The lowest BCUT2D eigenvalue weighted by Gasteiger charge is -2.12. The normalized spacial score (nSPS) is 10.9. The third-order valence-corrected chi connectivity index (χ3v) is 4.98. The maximum atomic E-state index is 6.36. The van der Waals surface area contributed by atoms with E-state index in [0.717, 1.165) is 45.5 Å². The van der Waals surface area contributed by atoms with Crippen LogP contribution in [0.3, 0.4) is 0 Å². The van der Waals surface area contributed by atoms with E-state index in [2.05, 4.69) is 16.0 Å². The zero-order valence-corrected chi connectivity index (χ0v) is 17.3. The minimum Gasteiger partial charge on any atom is -0.495 e. The molecule has 2 heterocycles. The number of hydrogen-bond acceptors (Lipinski definition) is 4. The van der Waals surface area contributed by atoms with Crippen molar-refractivity contribution in [3.8, 4) is 22.7 Å². The second-order valence-electron chi connectivity index (χ2n) is 6.90. The molecule has 0 amide bonds. The highest BCUT2D eigenvalue weighted by molar-refractivity contribution is 6.33. The number of imidazole rings is 1. The molecule has 0 radical (unpaired) electrons. The Morgan fingerprint density at radius 2 is 1.83 bits per heavy atom. The van der Waals surface area contributed by atoms with Crippen LogP contribution in [-0.4, -0.2) is 26.6 Å². The molecule has 0 bridgehead atoms. The Kier molecular flexibility index (Phi) is 5.32. The standard InChI is InChI=1S/C23H21ClN4O/c1-15-10-20(18-6-4-5-7-19(18)24)27-23(26-15)12-17-8-9-21(22(11-17)29-3)28-13-16(2)25-14-28/h4-11,13-14H,12H2,1-3H3. The van der Waals surface area contributed by atoms with Crippen LogP contribution in [0.25, 0.3) is 16.9 Å². The molecule has 2 aromatic carbocycles. The summed E-state index contributed by atoms with van der Waals surface area (Å²) in [4.78, 5) is 13.7. The lowest BCUT2D eigenvalue weighted by atomic mass is 10.1. The van der Waals surface area contributed by atoms with Crippen LogP contribution in [0.1, 0.15) is 22.8 Å². The van der Waals surface area contributed by atoms with Crippen LogP contribution >= 0.6 is 11.6 Å². The van der Waals surface area contributed by atoms with Crippen LogP contribution in [0.2, 0.25) is 5.02 Å². The molecule has 5 nitrogen and oxygen atoms in total. The van der Waals surface area contributed by atoms with Gasteiger partial charge in [0.25, 0.3) is 0 Å². The fraction of sp³-hybridized carbons (Fsp3) is 0.174. The number of hydrogen-bond donors (Lipinski definition) is 0. The SMILES string of the molecule is COc1cc(Cc2nc(C)cc(-c3ccccc3Cl)n2)ccc1-n1cnc(C)c1. The van der Waals surface area contributed by atoms with Crippen molar-refractivity contribution in [2.45, 2.75) is 20.3 Å². The van der Waals surface area contributed by atoms with Crippen LogP contribution < -0.4 is 4.74 Å². The number of benzene rings is 2. The summed E-state index contributed by atoms with van der Waals surface area (Å²) in [5.74, 6) is 1.52. The summed E-state index contributed by atoms with van der Waals surface area (Å²) in [6, 6.07) is 15.8. The van der Waals surface area contributed by atoms with Crippen molar-refractivity contribution < 1.29 is 4.74 Å². The van der Waals surface area contributed by atoms with Gasteiger partial charge in [0.1, 0.15) is 11.6 Å². The fourth-order valence-electron chi connectivity index (χ4n) is 3.30. The summed E-state index contributed by atoms with van der Waals surface area (Å²) in [6.45, 7) is 3.93. The van der Waals surface area contributed by atoms with Gasteiger partial charge in [-0.2, -0.15) is 0 Å². The number of nitrogens with zero attached hydrogens (tertiary/aromatic N) is 4. The van der Waals surface area contributed by atoms with Gasteiger partial charge in [-0.25, -0.2) is 15.0 Å². The predicted molar refractivity (Wildman–Crippen MR) is 115 cm³/mol. The third kappa shape index (κ3) is 4.15. The number of ether oxygens (including phenoxy) is 1. The monoisotopic (exact) mass is 404 g/mol. The molecule has 0 aliphatic rings. The molecule has 146 valence electrons. The third-order valence-electron chi connectivity index (χ3n) is 4.65. The summed E-state index contributed by atoms with van der Waals surface area (Å²) in [5.41, 5.74) is 5.61. The number of rotatable bonds is 5. The smallest absolute Gasteiger partial charge is 0.143 e. The molecular formula is C23H21ClN4O. The van der Waals surface area contributed by atoms with E-state index in [0.29, 0.717) is 11.4 Å². The Morgan fingerprint density at radius 1 is 1.00 bits per heavy atom. The van der Waals surface area contributed by atoms with Crippen molar-refractivity contribution in [2.75, 3.05) is 7.11 Å². The Labute approximate surface area is 175 Å². The number of aromatic nitrogens is 4. The zero-order chi connectivity index (χ0) is 20.4. The number of halogens is 1. The molecule has 0 fully saturated rings. The summed E-state index contributed by atoms with van der Waals surface area (Å²) in [5, 5.41) is 0.679. The molecule has 0 atom stereocenters. The first-order chi connectivity index (χ1) is 14.0. The van der Waals surface area contributed by atoms with Gasteiger partial charge in [-0.05, 0) is 43.7 Å². The molecule has 4 rings (SSSR count). The van der Waals surface area contributed by atoms with Gasteiger partial charge in [-0.15, -0.1) is 0 Å². The van der Waals surface area contributed by atoms with Crippen molar-refractivity contribution >= 4 is 11.6 Å². The van der Waals surface area contributed by atoms with E-state index in [1.807, 2.05) is 67.1 Å². The number of aryl methyl sites for hydroxylation is 2. The van der Waals surface area contributed by atoms with Gasteiger partial charge < -0.3 is 9.30 Å². The van der Waals surface area contributed by atoms with Gasteiger partial charge in [0, 0.05) is 28.9 Å².